The molecule has 0 bridgehead atoms. The number of hydrogen-bond donors (Lipinski definition) is 2. The first kappa shape index (κ1) is 17.2. The molecule has 6 heteroatoms. The molecule has 1 saturated heterocycles. The highest BCUT2D eigenvalue weighted by molar-refractivity contribution is 5.79. The van der Waals surface area contributed by atoms with Gasteiger partial charge in [0.1, 0.15) is 5.54 Å². The number of amides is 1. The average molecular weight is 308 g/mol. The molecule has 1 saturated carbocycles. The lowest BCUT2D eigenvalue weighted by Crippen LogP contribution is -2.56. The first-order valence-corrected chi connectivity index (χ1v) is 8.31. The van der Waals surface area contributed by atoms with E-state index in [1.807, 2.05) is 0 Å². The zero-order chi connectivity index (χ0) is 16.2. The summed E-state index contributed by atoms with van der Waals surface area (Å²) in [7, 11) is 0. The van der Waals surface area contributed by atoms with Crippen LogP contribution in [0.25, 0.3) is 0 Å². The molecular formula is C16H28N4O2. The van der Waals surface area contributed by atoms with E-state index in [-0.39, 0.29) is 12.0 Å². The SMILES string of the molecule is C[C@H](O)CN1CCN(CC(=O)NC2(C#N)CCCC2)C[C@H]1C. The van der Waals surface area contributed by atoms with Crippen molar-refractivity contribution < 1.29 is 9.90 Å². The van der Waals surface area contributed by atoms with Gasteiger partial charge in [-0.2, -0.15) is 5.26 Å². The number of β-amino-alcohol motifs (C(OH)–C–C–N with tert-alkyl or cyclic N) is 1. The molecule has 1 amide bonds. The largest absolute Gasteiger partial charge is 0.392 e. The average Bonchev–Trinajstić information content (AvgIpc) is 2.90. The number of nitrogens with one attached hydrogen (secondary N) is 1. The zero-order valence-electron chi connectivity index (χ0n) is 13.7. The minimum Gasteiger partial charge on any atom is -0.392 e. The maximum atomic E-state index is 12.2. The summed E-state index contributed by atoms with van der Waals surface area (Å²) >= 11 is 0. The van der Waals surface area contributed by atoms with Crippen LogP contribution in [0.5, 0.6) is 0 Å². The molecule has 0 radical (unpaired) electrons. The molecule has 6 nitrogen and oxygen atoms in total. The predicted molar refractivity (Wildman–Crippen MR) is 84.1 cm³/mol. The van der Waals surface area contributed by atoms with Crippen molar-refractivity contribution in [2.75, 3.05) is 32.7 Å². The van der Waals surface area contributed by atoms with Crippen LogP contribution in [0.3, 0.4) is 0 Å². The summed E-state index contributed by atoms with van der Waals surface area (Å²) in [5.41, 5.74) is -0.628. The van der Waals surface area contributed by atoms with Crippen molar-refractivity contribution in [1.82, 2.24) is 15.1 Å². The van der Waals surface area contributed by atoms with E-state index >= 15 is 0 Å². The van der Waals surface area contributed by atoms with Gasteiger partial charge >= 0.3 is 0 Å². The van der Waals surface area contributed by atoms with Gasteiger partial charge in [-0.25, -0.2) is 0 Å². The van der Waals surface area contributed by atoms with Gasteiger partial charge in [0.2, 0.25) is 5.91 Å². The Kier molecular flexibility index (Phi) is 5.79. The molecule has 22 heavy (non-hydrogen) atoms. The minimum atomic E-state index is -0.628. The van der Waals surface area contributed by atoms with Crippen LogP contribution in [0.2, 0.25) is 0 Å². The van der Waals surface area contributed by atoms with E-state index < -0.39 is 5.54 Å². The molecule has 1 aliphatic carbocycles. The fraction of sp³-hybridized carbons (Fsp3) is 0.875. The maximum absolute atomic E-state index is 12.2. The Bertz CT molecular complexity index is 426. The molecule has 2 N–H and O–H groups in total. The van der Waals surface area contributed by atoms with Gasteiger partial charge in [0, 0.05) is 32.2 Å². The molecule has 2 aliphatic rings. The lowest BCUT2D eigenvalue weighted by molar-refractivity contribution is -0.124. The molecule has 0 aromatic heterocycles. The van der Waals surface area contributed by atoms with E-state index in [4.69, 9.17) is 0 Å². The van der Waals surface area contributed by atoms with Crippen LogP contribution in [0.1, 0.15) is 39.5 Å². The normalized spacial score (nSPS) is 27.3. The van der Waals surface area contributed by atoms with Crippen LogP contribution in [0, 0.1) is 11.3 Å². The number of rotatable bonds is 5. The number of carbonyl (C=O) groups excluding carboxylic acids is 1. The summed E-state index contributed by atoms with van der Waals surface area (Å²) in [4.78, 5) is 16.6. The second-order valence-electron chi connectivity index (χ2n) is 6.88. The first-order chi connectivity index (χ1) is 10.4. The van der Waals surface area contributed by atoms with Crippen molar-refractivity contribution >= 4 is 5.91 Å². The van der Waals surface area contributed by atoms with Gasteiger partial charge in [0.05, 0.1) is 18.7 Å². The van der Waals surface area contributed by atoms with Crippen molar-refractivity contribution in [3.8, 4) is 6.07 Å². The Morgan fingerprint density at radius 2 is 2.14 bits per heavy atom. The van der Waals surface area contributed by atoms with Crippen molar-refractivity contribution in [2.45, 2.75) is 57.2 Å². The zero-order valence-corrected chi connectivity index (χ0v) is 13.7. The van der Waals surface area contributed by atoms with Gasteiger partial charge in [0.15, 0.2) is 0 Å². The Labute approximate surface area is 133 Å². The summed E-state index contributed by atoms with van der Waals surface area (Å²) < 4.78 is 0. The van der Waals surface area contributed by atoms with Crippen LogP contribution in [0.15, 0.2) is 0 Å². The molecule has 0 aromatic rings. The number of aliphatic hydroxyl groups is 1. The predicted octanol–water partition coefficient (Wildman–Crippen LogP) is 0.326. The minimum absolute atomic E-state index is 0.0420. The lowest BCUT2D eigenvalue weighted by Gasteiger charge is -2.40. The molecule has 2 rings (SSSR count). The number of carbonyl (C=O) groups is 1. The van der Waals surface area contributed by atoms with Gasteiger partial charge in [-0.3, -0.25) is 14.6 Å². The standard InChI is InChI=1S/C16H28N4O2/c1-13-9-19(7-8-20(13)10-14(2)21)11-15(22)18-16(12-17)5-3-4-6-16/h13-14,21H,3-11H2,1-2H3,(H,18,22)/t13-,14+/m1/s1. The summed E-state index contributed by atoms with van der Waals surface area (Å²) in [6, 6.07) is 2.62. The van der Waals surface area contributed by atoms with Crippen LogP contribution < -0.4 is 5.32 Å². The molecule has 124 valence electrons. The van der Waals surface area contributed by atoms with Crippen molar-refractivity contribution in [1.29, 1.82) is 5.26 Å². The first-order valence-electron chi connectivity index (χ1n) is 8.31. The Morgan fingerprint density at radius 3 is 2.68 bits per heavy atom. The second kappa shape index (κ2) is 7.40. The van der Waals surface area contributed by atoms with E-state index in [1.165, 1.54) is 0 Å². The molecule has 0 aromatic carbocycles. The summed E-state index contributed by atoms with van der Waals surface area (Å²) in [5, 5.41) is 21.8. The van der Waals surface area contributed by atoms with Gasteiger partial charge in [-0.1, -0.05) is 0 Å². The Balaban J connectivity index is 1.80. The monoisotopic (exact) mass is 308 g/mol. The van der Waals surface area contributed by atoms with Crippen molar-refractivity contribution in [3.63, 3.8) is 0 Å². The fourth-order valence-electron chi connectivity index (χ4n) is 3.58. The molecule has 1 heterocycles. The van der Waals surface area contributed by atoms with Crippen LogP contribution >= 0.6 is 0 Å². The van der Waals surface area contributed by atoms with Crippen molar-refractivity contribution in [3.05, 3.63) is 0 Å². The van der Waals surface area contributed by atoms with Gasteiger partial charge in [0.25, 0.3) is 0 Å². The highest BCUT2D eigenvalue weighted by Crippen LogP contribution is 2.28. The van der Waals surface area contributed by atoms with Crippen LogP contribution in [0.4, 0.5) is 0 Å². The topological polar surface area (TPSA) is 79.6 Å². The van der Waals surface area contributed by atoms with Crippen LogP contribution in [-0.4, -0.2) is 71.2 Å². The number of nitriles is 1. The molecule has 0 spiro atoms. The third kappa shape index (κ3) is 4.42. The van der Waals surface area contributed by atoms with E-state index in [1.54, 1.807) is 6.92 Å². The molecule has 0 unspecified atom stereocenters. The lowest BCUT2D eigenvalue weighted by atomic mass is 10.00. The van der Waals surface area contributed by atoms with E-state index in [9.17, 15) is 15.2 Å². The van der Waals surface area contributed by atoms with E-state index in [0.717, 1.165) is 45.3 Å². The highest BCUT2D eigenvalue weighted by Gasteiger charge is 2.36. The molecule has 2 fully saturated rings. The fourth-order valence-corrected chi connectivity index (χ4v) is 3.58. The molecule has 1 aliphatic heterocycles. The summed E-state index contributed by atoms with van der Waals surface area (Å²) in [6.07, 6.45) is 3.25. The van der Waals surface area contributed by atoms with Gasteiger partial charge in [-0.05, 0) is 39.5 Å². The third-order valence-corrected chi connectivity index (χ3v) is 4.76. The number of hydrogen-bond acceptors (Lipinski definition) is 5. The molecular weight excluding hydrogens is 280 g/mol. The van der Waals surface area contributed by atoms with Crippen molar-refractivity contribution in [2.24, 2.45) is 0 Å². The molecule has 2 atom stereocenters. The number of piperazine rings is 1. The van der Waals surface area contributed by atoms with E-state index in [0.29, 0.717) is 19.1 Å². The highest BCUT2D eigenvalue weighted by atomic mass is 16.3. The second-order valence-corrected chi connectivity index (χ2v) is 6.88. The van der Waals surface area contributed by atoms with Crippen LogP contribution in [-0.2, 0) is 4.79 Å². The van der Waals surface area contributed by atoms with Gasteiger partial charge in [-0.15, -0.1) is 0 Å². The Morgan fingerprint density at radius 1 is 1.45 bits per heavy atom. The third-order valence-electron chi connectivity index (χ3n) is 4.76. The Hall–Kier alpha value is -1.16. The number of nitrogens with zero attached hydrogens (tertiary/aromatic N) is 3. The smallest absolute Gasteiger partial charge is 0.235 e. The summed E-state index contributed by atoms with van der Waals surface area (Å²) in [6.45, 7) is 7.47. The maximum Gasteiger partial charge on any atom is 0.235 e. The van der Waals surface area contributed by atoms with Gasteiger partial charge < -0.3 is 10.4 Å². The number of aliphatic hydroxyl groups excluding tert-OH is 1. The summed E-state index contributed by atoms with van der Waals surface area (Å²) in [5.74, 6) is -0.0420. The quantitative estimate of drug-likeness (QED) is 0.765. The van der Waals surface area contributed by atoms with E-state index in [2.05, 4.69) is 28.1 Å².